The van der Waals surface area contributed by atoms with Gasteiger partial charge < -0.3 is 15.8 Å². The first-order valence-electron chi connectivity index (χ1n) is 7.46. The molecule has 1 aliphatic rings. The molecule has 4 heteroatoms. The molecule has 1 saturated carbocycles. The minimum absolute atomic E-state index is 0.0413. The molecule has 0 radical (unpaired) electrons. The summed E-state index contributed by atoms with van der Waals surface area (Å²) >= 11 is 0. The highest BCUT2D eigenvalue weighted by atomic mass is 16.5. The number of hydrogen-bond acceptors (Lipinski definition) is 3. The van der Waals surface area contributed by atoms with Crippen LogP contribution in [0, 0.1) is 5.92 Å². The summed E-state index contributed by atoms with van der Waals surface area (Å²) in [4.78, 5) is 11.6. The molecule has 0 heterocycles. The molecule has 3 N–H and O–H groups in total. The molecular weight excluding hydrogens is 252 g/mol. The monoisotopic (exact) mass is 276 g/mol. The largest absolute Gasteiger partial charge is 0.445 e. The second-order valence-corrected chi connectivity index (χ2v) is 5.50. The number of rotatable bonds is 5. The van der Waals surface area contributed by atoms with Gasteiger partial charge in [0.2, 0.25) is 0 Å². The van der Waals surface area contributed by atoms with E-state index in [-0.39, 0.29) is 12.1 Å². The number of carbonyl (C=O) groups excluding carboxylic acids is 1. The first-order valence-corrected chi connectivity index (χ1v) is 7.46. The van der Waals surface area contributed by atoms with Crippen LogP contribution in [0.2, 0.25) is 0 Å². The molecule has 1 aromatic carbocycles. The van der Waals surface area contributed by atoms with Crippen molar-refractivity contribution in [3.8, 4) is 0 Å². The van der Waals surface area contributed by atoms with Crippen LogP contribution in [0.25, 0.3) is 0 Å². The van der Waals surface area contributed by atoms with Gasteiger partial charge >= 0.3 is 6.09 Å². The van der Waals surface area contributed by atoms with Crippen LogP contribution < -0.4 is 11.1 Å². The first-order chi connectivity index (χ1) is 9.75. The topological polar surface area (TPSA) is 64.3 Å². The second-order valence-electron chi connectivity index (χ2n) is 5.50. The van der Waals surface area contributed by atoms with Crippen molar-refractivity contribution in [2.45, 2.75) is 44.8 Å². The van der Waals surface area contributed by atoms with Gasteiger partial charge in [0.1, 0.15) is 6.61 Å². The van der Waals surface area contributed by atoms with Crippen LogP contribution in [-0.4, -0.2) is 18.7 Å². The fourth-order valence-electron chi connectivity index (χ4n) is 2.70. The van der Waals surface area contributed by atoms with Gasteiger partial charge in [-0.25, -0.2) is 4.79 Å². The molecule has 0 bridgehead atoms. The summed E-state index contributed by atoms with van der Waals surface area (Å²) in [6.45, 7) is 0.795. The summed E-state index contributed by atoms with van der Waals surface area (Å²) < 4.78 is 5.16. The zero-order valence-electron chi connectivity index (χ0n) is 11.9. The van der Waals surface area contributed by atoms with E-state index in [9.17, 15) is 4.79 Å². The van der Waals surface area contributed by atoms with Crippen molar-refractivity contribution in [3.05, 3.63) is 35.9 Å². The summed E-state index contributed by atoms with van der Waals surface area (Å²) in [7, 11) is 0. The smallest absolute Gasteiger partial charge is 0.407 e. The minimum Gasteiger partial charge on any atom is -0.445 e. The molecule has 1 aromatic rings. The summed E-state index contributed by atoms with van der Waals surface area (Å²) in [5, 5.41) is 2.76. The van der Waals surface area contributed by atoms with E-state index in [1.807, 2.05) is 30.3 Å². The quantitative estimate of drug-likeness (QED) is 0.869. The Kier molecular flexibility index (Phi) is 5.87. The number of amides is 1. The molecule has 0 unspecified atom stereocenters. The van der Waals surface area contributed by atoms with Gasteiger partial charge in [0.05, 0.1) is 0 Å². The van der Waals surface area contributed by atoms with E-state index in [1.54, 1.807) is 0 Å². The van der Waals surface area contributed by atoms with Gasteiger partial charge in [-0.3, -0.25) is 0 Å². The van der Waals surface area contributed by atoms with E-state index >= 15 is 0 Å². The van der Waals surface area contributed by atoms with Gasteiger partial charge in [0.25, 0.3) is 0 Å². The number of ether oxygens (including phenoxy) is 1. The first kappa shape index (κ1) is 14.9. The number of benzene rings is 1. The molecule has 1 fully saturated rings. The van der Waals surface area contributed by atoms with Gasteiger partial charge in [0.15, 0.2) is 0 Å². The lowest BCUT2D eigenvalue weighted by molar-refractivity contribution is 0.137. The van der Waals surface area contributed by atoms with Crippen LogP contribution in [0.5, 0.6) is 0 Å². The predicted molar refractivity (Wildman–Crippen MR) is 79.2 cm³/mol. The van der Waals surface area contributed by atoms with E-state index in [0.717, 1.165) is 5.56 Å². The molecule has 4 nitrogen and oxygen atoms in total. The van der Waals surface area contributed by atoms with E-state index in [2.05, 4.69) is 5.32 Å². The van der Waals surface area contributed by atoms with Crippen molar-refractivity contribution < 1.29 is 9.53 Å². The lowest BCUT2D eigenvalue weighted by Crippen LogP contribution is -2.42. The molecule has 2 rings (SSSR count). The number of hydrogen-bond donors (Lipinski definition) is 2. The lowest BCUT2D eigenvalue weighted by Gasteiger charge is -2.27. The Morgan fingerprint density at radius 2 is 1.95 bits per heavy atom. The van der Waals surface area contributed by atoms with Gasteiger partial charge in [-0.2, -0.15) is 0 Å². The maximum atomic E-state index is 11.6. The molecule has 1 aliphatic carbocycles. The molecular formula is C16H24N2O2. The number of nitrogens with one attached hydrogen (secondary N) is 1. The third-order valence-electron chi connectivity index (χ3n) is 3.95. The van der Waals surface area contributed by atoms with Crippen molar-refractivity contribution in [2.75, 3.05) is 6.54 Å². The maximum Gasteiger partial charge on any atom is 0.407 e. The third-order valence-corrected chi connectivity index (χ3v) is 3.95. The second kappa shape index (κ2) is 7.90. The van der Waals surface area contributed by atoms with Gasteiger partial charge in [-0.05, 0) is 24.3 Å². The molecule has 0 aromatic heterocycles. The van der Waals surface area contributed by atoms with Gasteiger partial charge in [0, 0.05) is 12.6 Å². The summed E-state index contributed by atoms with van der Waals surface area (Å²) in [6, 6.07) is 9.69. The number of nitrogens with two attached hydrogens (primary N) is 1. The maximum absolute atomic E-state index is 11.6. The summed E-state index contributed by atoms with van der Waals surface area (Å²) in [6.07, 6.45) is 5.81. The minimum atomic E-state index is -0.389. The lowest BCUT2D eigenvalue weighted by atomic mass is 9.84. The molecule has 1 atom stereocenters. The van der Waals surface area contributed by atoms with Crippen molar-refractivity contribution in [1.82, 2.24) is 5.32 Å². The SMILES string of the molecule is N[C@@H](CNC(=O)OCc1ccccc1)C1CCCCC1. The molecule has 110 valence electrons. The Bertz CT molecular complexity index is 402. The van der Waals surface area contributed by atoms with Crippen LogP contribution in [0.3, 0.4) is 0 Å². The predicted octanol–water partition coefficient (Wildman–Crippen LogP) is 2.82. The van der Waals surface area contributed by atoms with Gasteiger partial charge in [-0.1, -0.05) is 49.6 Å². The Morgan fingerprint density at radius 1 is 1.25 bits per heavy atom. The zero-order valence-corrected chi connectivity index (χ0v) is 11.9. The van der Waals surface area contributed by atoms with E-state index in [4.69, 9.17) is 10.5 Å². The van der Waals surface area contributed by atoms with Crippen molar-refractivity contribution in [3.63, 3.8) is 0 Å². The highest BCUT2D eigenvalue weighted by molar-refractivity contribution is 5.67. The van der Waals surface area contributed by atoms with Crippen molar-refractivity contribution in [2.24, 2.45) is 11.7 Å². The average Bonchev–Trinajstić information content (AvgIpc) is 2.52. The molecule has 0 saturated heterocycles. The van der Waals surface area contributed by atoms with Crippen molar-refractivity contribution >= 4 is 6.09 Å². The van der Waals surface area contributed by atoms with Crippen LogP contribution in [0.1, 0.15) is 37.7 Å². The zero-order chi connectivity index (χ0) is 14.2. The Balaban J connectivity index is 1.64. The van der Waals surface area contributed by atoms with Crippen LogP contribution >= 0.6 is 0 Å². The Morgan fingerprint density at radius 3 is 2.65 bits per heavy atom. The highest BCUT2D eigenvalue weighted by Gasteiger charge is 2.20. The van der Waals surface area contributed by atoms with Crippen LogP contribution in [-0.2, 0) is 11.3 Å². The molecule has 20 heavy (non-hydrogen) atoms. The van der Waals surface area contributed by atoms with Gasteiger partial charge in [-0.15, -0.1) is 0 Å². The summed E-state index contributed by atoms with van der Waals surface area (Å²) in [5.41, 5.74) is 7.12. The summed E-state index contributed by atoms with van der Waals surface area (Å²) in [5.74, 6) is 0.540. The molecule has 1 amide bonds. The Hall–Kier alpha value is -1.55. The van der Waals surface area contributed by atoms with Crippen LogP contribution in [0.15, 0.2) is 30.3 Å². The fraction of sp³-hybridized carbons (Fsp3) is 0.562. The average molecular weight is 276 g/mol. The molecule has 0 spiro atoms. The normalized spacial score (nSPS) is 17.4. The third kappa shape index (κ3) is 4.85. The molecule has 0 aliphatic heterocycles. The highest BCUT2D eigenvalue weighted by Crippen LogP contribution is 2.25. The van der Waals surface area contributed by atoms with Crippen LogP contribution in [0.4, 0.5) is 4.79 Å². The number of carbonyl (C=O) groups is 1. The van der Waals surface area contributed by atoms with E-state index < -0.39 is 0 Å². The van der Waals surface area contributed by atoms with E-state index in [0.29, 0.717) is 19.1 Å². The Labute approximate surface area is 120 Å². The standard InChI is InChI=1S/C16H24N2O2/c17-15(14-9-5-2-6-10-14)11-18-16(19)20-12-13-7-3-1-4-8-13/h1,3-4,7-8,14-15H,2,5-6,9-12,17H2,(H,18,19)/t15-/m0/s1. The van der Waals surface area contributed by atoms with Crippen molar-refractivity contribution in [1.29, 1.82) is 0 Å². The number of alkyl carbamates (subject to hydrolysis) is 1. The van der Waals surface area contributed by atoms with E-state index in [1.165, 1.54) is 32.1 Å². The fourth-order valence-corrected chi connectivity index (χ4v) is 2.70.